The molecule has 0 aliphatic heterocycles. The smallest absolute Gasteiger partial charge is 0.326 e. The Labute approximate surface area is 551 Å². The van der Waals surface area contributed by atoms with Crippen molar-refractivity contribution >= 4 is 99.6 Å². The number of fused-ring (bicyclic) bond motifs is 1. The molecule has 0 aliphatic carbocycles. The number of primary amides is 2. The third kappa shape index (κ3) is 30.4. The molecule has 34 heteroatoms. The SMILES string of the molecule is CC(C)C[C@H](NC(=O)[C@H](CCC(N)=O)NC(=O)[C@H](CC(C)C)NC(=O)[C@H](Cc1c[nH]c2ccccc12)NC(=O)[C@H](CCCN=C(N)N)NC(=O)CNC(=O)[C@H](C)NC(=O)[C@@H](NC(=O)[C@H](CC(C)C)NC(=O)[C@@H](NC(=O)CNC(=O)[C@@H](N)CCC(N)=O)[C@@H](C)O)C(C)C)C(=O)O. The van der Waals surface area contributed by atoms with Gasteiger partial charge in [0.15, 0.2) is 5.96 Å². The van der Waals surface area contributed by atoms with E-state index in [0.29, 0.717) is 16.5 Å². The fourth-order valence-electron chi connectivity index (χ4n) is 9.59. The Balaban J connectivity index is 2.36. The van der Waals surface area contributed by atoms with E-state index in [9.17, 15) is 77.3 Å². The number of para-hydroxylation sites is 1. The molecule has 11 atom stereocenters. The zero-order valence-corrected chi connectivity index (χ0v) is 55.7. The van der Waals surface area contributed by atoms with Crippen LogP contribution in [0.1, 0.15) is 133 Å². The zero-order chi connectivity index (χ0) is 72.0. The topological polar surface area (TPSA) is 570 Å². The number of nitrogens with zero attached hydrogens (tertiary/aromatic N) is 1. The highest BCUT2D eigenvalue weighted by Crippen LogP contribution is 2.20. The van der Waals surface area contributed by atoms with E-state index in [4.69, 9.17) is 28.7 Å². The summed E-state index contributed by atoms with van der Waals surface area (Å²) in [6.07, 6.45) is -1.05. The summed E-state index contributed by atoms with van der Waals surface area (Å²) in [6.45, 7) is 14.7. The van der Waals surface area contributed by atoms with Crippen LogP contribution in [0.4, 0.5) is 0 Å². The molecule has 0 fully saturated rings. The minimum atomic E-state index is -1.63. The number of aliphatic carboxylic acids is 1. The van der Waals surface area contributed by atoms with Crippen LogP contribution in [-0.2, 0) is 73.5 Å². The highest BCUT2D eigenvalue weighted by molar-refractivity contribution is 5.99. The summed E-state index contributed by atoms with van der Waals surface area (Å²) >= 11 is 0. The number of carbonyl (C=O) groups excluding carboxylic acids is 13. The number of rotatable bonds is 43. The van der Waals surface area contributed by atoms with Crippen LogP contribution in [0.2, 0.25) is 0 Å². The molecule has 0 radical (unpaired) electrons. The molecule has 0 spiro atoms. The molecule has 34 nitrogen and oxygen atoms in total. The number of hydrogen-bond acceptors (Lipinski definition) is 17. The van der Waals surface area contributed by atoms with Gasteiger partial charge in [-0.25, -0.2) is 4.79 Å². The van der Waals surface area contributed by atoms with Gasteiger partial charge in [0.05, 0.1) is 25.2 Å². The summed E-state index contributed by atoms with van der Waals surface area (Å²) in [6, 6.07) is -6.83. The van der Waals surface area contributed by atoms with Crippen molar-refractivity contribution in [3.8, 4) is 0 Å². The number of carbonyl (C=O) groups is 14. The largest absolute Gasteiger partial charge is 0.480 e. The molecular weight excluding hydrogens is 1240 g/mol. The summed E-state index contributed by atoms with van der Waals surface area (Å²) in [7, 11) is 0. The van der Waals surface area contributed by atoms with E-state index < -0.39 is 168 Å². The molecule has 0 aliphatic rings. The van der Waals surface area contributed by atoms with Gasteiger partial charge in [-0.2, -0.15) is 0 Å². The lowest BCUT2D eigenvalue weighted by atomic mass is 9.99. The molecule has 24 N–H and O–H groups in total. The summed E-state index contributed by atoms with van der Waals surface area (Å²) in [4.78, 5) is 193. The number of carboxylic acid groups (broad SMARTS) is 1. The lowest BCUT2D eigenvalue weighted by molar-refractivity contribution is -0.143. The molecule has 2 aromatic rings. The van der Waals surface area contributed by atoms with Crippen molar-refractivity contribution in [3.05, 3.63) is 36.0 Å². The number of amides is 13. The van der Waals surface area contributed by atoms with Crippen LogP contribution in [0.5, 0.6) is 0 Å². The Kier molecular flexibility index (Phi) is 34.9. The van der Waals surface area contributed by atoms with Crippen LogP contribution < -0.4 is 87.2 Å². The molecule has 1 aromatic carbocycles. The van der Waals surface area contributed by atoms with E-state index in [1.54, 1.807) is 85.9 Å². The van der Waals surface area contributed by atoms with Gasteiger partial charge >= 0.3 is 5.97 Å². The number of hydrogen-bond donors (Lipinski definition) is 19. The number of aliphatic hydroxyl groups excluding tert-OH is 1. The molecule has 95 heavy (non-hydrogen) atoms. The predicted octanol–water partition coefficient (Wildman–Crippen LogP) is -4.50. The lowest BCUT2D eigenvalue weighted by Gasteiger charge is -2.28. The third-order valence-electron chi connectivity index (χ3n) is 14.6. The minimum absolute atomic E-state index is 0.00799. The first-order valence-corrected chi connectivity index (χ1v) is 31.5. The second-order valence-corrected chi connectivity index (χ2v) is 25.0. The first-order valence-electron chi connectivity index (χ1n) is 31.5. The second-order valence-electron chi connectivity index (χ2n) is 25.0. The summed E-state index contributed by atoms with van der Waals surface area (Å²) in [5.41, 5.74) is 28.6. The normalized spacial score (nSPS) is 14.7. The standard InChI is InChI=1S/C61H100N18O16/c1-29(2)22-41(55(89)73-40(18-20-46(64)82)54(88)77-44(60(94)95)24-31(5)6)74-56(90)43(25-35-26-68-38-15-12-11-14-36(35)38)75-53(87)39(16-13-21-67-61(65)66)72-47(83)27-69-51(85)33(9)71-58(92)49(32(7)8)79-57(91)42(23-30(3)4)76-59(93)50(34(10)80)78-48(84)28-70-52(86)37(62)17-19-45(63)81/h11-12,14-15,26,29-34,37,39-44,49-50,68,80H,13,16-25,27-28,62H2,1-10H3,(H2,63,81)(H2,64,82)(H,69,85)(H,70,86)(H,71,92)(H,72,83)(H,73,89)(H,74,90)(H,75,87)(H,76,93)(H,77,88)(H,78,84)(H,79,91)(H,94,95)(H4,65,66,67)/t33-,34+,37-,39-,40-,41-,42-,43-,44-,49-,50-/m0/s1. The Hall–Kier alpha value is -9.47. The quantitative estimate of drug-likeness (QED) is 0.0169. The number of nitrogens with two attached hydrogens (primary N) is 5. The van der Waals surface area contributed by atoms with E-state index in [1.807, 2.05) is 0 Å². The lowest BCUT2D eigenvalue weighted by Crippen LogP contribution is -2.61. The van der Waals surface area contributed by atoms with Crippen LogP contribution in [-0.4, -0.2) is 190 Å². The fourth-order valence-corrected chi connectivity index (χ4v) is 9.59. The number of carboxylic acids is 1. The van der Waals surface area contributed by atoms with E-state index >= 15 is 0 Å². The molecule has 0 bridgehead atoms. The molecule has 0 unspecified atom stereocenters. The van der Waals surface area contributed by atoms with Gasteiger partial charge in [-0.05, 0) is 94.1 Å². The summed E-state index contributed by atoms with van der Waals surface area (Å²) in [5, 5.41) is 48.5. The monoisotopic (exact) mass is 1340 g/mol. The van der Waals surface area contributed by atoms with Gasteiger partial charge in [0, 0.05) is 42.9 Å². The highest BCUT2D eigenvalue weighted by Gasteiger charge is 2.37. The number of aliphatic imine (C=N–C) groups is 1. The van der Waals surface area contributed by atoms with Gasteiger partial charge in [-0.15, -0.1) is 0 Å². The van der Waals surface area contributed by atoms with Crippen LogP contribution in [0, 0.1) is 23.7 Å². The Bertz CT molecular complexity index is 3020. The maximum absolute atomic E-state index is 14.7. The first kappa shape index (κ1) is 81.6. The van der Waals surface area contributed by atoms with Crippen LogP contribution >= 0.6 is 0 Å². The van der Waals surface area contributed by atoms with Gasteiger partial charge in [0.1, 0.15) is 54.4 Å². The van der Waals surface area contributed by atoms with Crippen molar-refractivity contribution in [1.82, 2.24) is 63.5 Å². The average molecular weight is 1340 g/mol. The van der Waals surface area contributed by atoms with Gasteiger partial charge in [0.2, 0.25) is 76.8 Å². The molecular formula is C61H100N18O16. The van der Waals surface area contributed by atoms with Gasteiger partial charge < -0.3 is 102 Å². The van der Waals surface area contributed by atoms with Gasteiger partial charge in [-0.3, -0.25) is 67.3 Å². The number of benzene rings is 1. The van der Waals surface area contributed by atoms with E-state index in [-0.39, 0.29) is 94.5 Å². The first-order chi connectivity index (χ1) is 44.4. The molecule has 2 rings (SSSR count). The zero-order valence-electron chi connectivity index (χ0n) is 55.7. The highest BCUT2D eigenvalue weighted by atomic mass is 16.4. The Morgan fingerprint density at radius 1 is 0.495 bits per heavy atom. The van der Waals surface area contributed by atoms with Crippen molar-refractivity contribution in [2.24, 2.45) is 57.3 Å². The number of guanidine groups is 1. The number of nitrogens with one attached hydrogen (secondary N) is 12. The average Bonchev–Trinajstić information content (AvgIpc) is 1.48. The maximum atomic E-state index is 14.7. The molecule has 0 saturated heterocycles. The molecule has 0 saturated carbocycles. The van der Waals surface area contributed by atoms with E-state index in [0.717, 1.165) is 0 Å². The van der Waals surface area contributed by atoms with E-state index in [1.165, 1.54) is 13.8 Å². The Morgan fingerprint density at radius 2 is 0.947 bits per heavy atom. The Morgan fingerprint density at radius 3 is 1.48 bits per heavy atom. The molecule has 1 aromatic heterocycles. The van der Waals surface area contributed by atoms with Crippen molar-refractivity contribution in [2.45, 2.75) is 200 Å². The van der Waals surface area contributed by atoms with Crippen LogP contribution in [0.3, 0.4) is 0 Å². The molecule has 1 heterocycles. The maximum Gasteiger partial charge on any atom is 0.326 e. The van der Waals surface area contributed by atoms with Crippen molar-refractivity contribution in [3.63, 3.8) is 0 Å². The fraction of sp³-hybridized carbons (Fsp3) is 0.623. The van der Waals surface area contributed by atoms with Gasteiger partial charge in [0.25, 0.3) is 0 Å². The van der Waals surface area contributed by atoms with Crippen molar-refractivity contribution < 1.29 is 77.3 Å². The van der Waals surface area contributed by atoms with E-state index in [2.05, 4.69) is 68.5 Å². The molecule has 13 amide bonds. The summed E-state index contributed by atoms with van der Waals surface area (Å²) < 4.78 is 0. The number of aliphatic hydroxyl groups is 1. The molecule has 530 valence electrons. The number of aromatic nitrogens is 1. The predicted molar refractivity (Wildman–Crippen MR) is 348 cm³/mol. The van der Waals surface area contributed by atoms with Gasteiger partial charge in [-0.1, -0.05) is 73.6 Å². The van der Waals surface area contributed by atoms with Crippen LogP contribution in [0.25, 0.3) is 10.9 Å². The van der Waals surface area contributed by atoms with Crippen molar-refractivity contribution in [2.75, 3.05) is 19.6 Å². The minimum Gasteiger partial charge on any atom is -0.480 e. The third-order valence-corrected chi connectivity index (χ3v) is 14.6. The number of aromatic amines is 1. The number of H-pyrrole nitrogens is 1. The second kappa shape index (κ2) is 40.6. The summed E-state index contributed by atoms with van der Waals surface area (Å²) in [5.74, 6) is -14.1. The van der Waals surface area contributed by atoms with Crippen LogP contribution in [0.15, 0.2) is 35.5 Å². The van der Waals surface area contributed by atoms with Crippen molar-refractivity contribution in [1.29, 1.82) is 0 Å².